The molecule has 2 aromatic rings. The van der Waals surface area contributed by atoms with Crippen molar-refractivity contribution >= 4 is 0 Å². The summed E-state index contributed by atoms with van der Waals surface area (Å²) in [4.78, 5) is 2.34. The molecule has 31 heavy (non-hydrogen) atoms. The third kappa shape index (κ3) is 5.27. The van der Waals surface area contributed by atoms with Crippen LogP contribution in [0, 0.1) is 11.8 Å². The highest BCUT2D eigenvalue weighted by Gasteiger charge is 2.40. The average Bonchev–Trinajstić information content (AvgIpc) is 3.45. The van der Waals surface area contributed by atoms with Crippen molar-refractivity contribution in [3.05, 3.63) is 47.8 Å². The number of nitrogens with zero attached hydrogens (tertiary/aromatic N) is 1. The Hall–Kier alpha value is -1.56. The third-order valence-corrected chi connectivity index (χ3v) is 7.65. The van der Waals surface area contributed by atoms with E-state index in [0.717, 1.165) is 62.7 Å². The molecule has 3 heterocycles. The summed E-state index contributed by atoms with van der Waals surface area (Å²) in [5.41, 5.74) is -0.811. The van der Waals surface area contributed by atoms with E-state index < -0.39 is 5.60 Å². The maximum Gasteiger partial charge on any atom is 0.135 e. The number of rotatable bonds is 11. The Morgan fingerprint density at radius 2 is 1.65 bits per heavy atom. The van der Waals surface area contributed by atoms with Gasteiger partial charge in [0.25, 0.3) is 0 Å². The molecule has 0 radical (unpaired) electrons. The summed E-state index contributed by atoms with van der Waals surface area (Å²) in [5, 5.41) is 11.7. The molecule has 1 N–H and O–H groups in total. The fraction of sp³-hybridized carbons (Fsp3) is 0.692. The first-order valence-corrected chi connectivity index (χ1v) is 12.3. The van der Waals surface area contributed by atoms with Gasteiger partial charge in [-0.05, 0) is 61.8 Å². The van der Waals surface area contributed by atoms with Gasteiger partial charge >= 0.3 is 0 Å². The van der Waals surface area contributed by atoms with Crippen molar-refractivity contribution in [3.8, 4) is 0 Å². The van der Waals surface area contributed by atoms with Crippen LogP contribution in [-0.2, 0) is 23.4 Å². The van der Waals surface area contributed by atoms with Crippen LogP contribution >= 0.6 is 0 Å². The van der Waals surface area contributed by atoms with Crippen LogP contribution in [0.2, 0.25) is 0 Å². The predicted molar refractivity (Wildman–Crippen MR) is 118 cm³/mol. The molecule has 3 fully saturated rings. The Bertz CT molecular complexity index is 783. The van der Waals surface area contributed by atoms with Gasteiger partial charge in [-0.15, -0.1) is 0 Å². The third-order valence-electron chi connectivity index (χ3n) is 7.65. The number of aliphatic hydroxyl groups is 1. The SMILES string of the molecule is OC(CC1CCC1)(CC1CCC1)c1ccc(CN(Cc2ccco2)CC2CCCO2)o1. The van der Waals surface area contributed by atoms with Gasteiger partial charge < -0.3 is 18.7 Å². The first kappa shape index (κ1) is 21.3. The second kappa shape index (κ2) is 9.51. The molecule has 5 heteroatoms. The van der Waals surface area contributed by atoms with Crippen LogP contribution in [0.3, 0.4) is 0 Å². The Morgan fingerprint density at radius 3 is 2.23 bits per heavy atom. The zero-order valence-corrected chi connectivity index (χ0v) is 18.6. The van der Waals surface area contributed by atoms with Crippen LogP contribution < -0.4 is 0 Å². The minimum Gasteiger partial charge on any atom is -0.468 e. The molecule has 1 atom stereocenters. The van der Waals surface area contributed by atoms with E-state index in [-0.39, 0.29) is 6.10 Å². The average molecular weight is 428 g/mol. The van der Waals surface area contributed by atoms with Crippen LogP contribution in [0.4, 0.5) is 0 Å². The van der Waals surface area contributed by atoms with Crippen molar-refractivity contribution in [1.29, 1.82) is 0 Å². The van der Waals surface area contributed by atoms with E-state index in [4.69, 9.17) is 13.6 Å². The zero-order chi connectivity index (χ0) is 21.1. The lowest BCUT2D eigenvalue weighted by molar-refractivity contribution is -0.0495. The standard InChI is InChI=1S/C26H37NO4/c28-26(15-20-5-1-6-20,16-21-7-2-8-21)25-12-11-24(31-25)19-27(17-22-9-3-13-29-22)18-23-10-4-14-30-23/h3,9,11-13,20-21,23,28H,1-2,4-8,10,14-19H2. The Labute approximate surface area is 185 Å². The first-order chi connectivity index (χ1) is 15.2. The predicted octanol–water partition coefficient (Wildman–Crippen LogP) is 5.62. The van der Waals surface area contributed by atoms with Gasteiger partial charge in [0.1, 0.15) is 22.9 Å². The lowest BCUT2D eigenvalue weighted by atomic mass is 9.70. The maximum absolute atomic E-state index is 11.7. The summed E-state index contributed by atoms with van der Waals surface area (Å²) >= 11 is 0. The highest BCUT2D eigenvalue weighted by atomic mass is 16.5. The van der Waals surface area contributed by atoms with Crippen molar-refractivity contribution in [2.45, 2.75) is 89.0 Å². The second-order valence-electron chi connectivity index (χ2n) is 10.2. The summed E-state index contributed by atoms with van der Waals surface area (Å²) < 4.78 is 17.8. The van der Waals surface area contributed by atoms with Crippen LogP contribution in [-0.4, -0.2) is 29.3 Å². The highest BCUT2D eigenvalue weighted by Crippen LogP contribution is 2.45. The van der Waals surface area contributed by atoms with E-state index in [9.17, 15) is 5.11 Å². The zero-order valence-electron chi connectivity index (χ0n) is 18.6. The Balaban J connectivity index is 1.28. The minimum atomic E-state index is -0.811. The first-order valence-electron chi connectivity index (χ1n) is 12.3. The summed E-state index contributed by atoms with van der Waals surface area (Å²) in [6.45, 7) is 3.16. The largest absolute Gasteiger partial charge is 0.468 e. The van der Waals surface area contributed by atoms with E-state index in [2.05, 4.69) is 11.0 Å². The quantitative estimate of drug-likeness (QED) is 0.504. The summed E-state index contributed by atoms with van der Waals surface area (Å²) in [6, 6.07) is 8.05. The molecular formula is C26H37NO4. The Morgan fingerprint density at radius 1 is 0.903 bits per heavy atom. The lowest BCUT2D eigenvalue weighted by Gasteiger charge is -2.39. The molecule has 0 spiro atoms. The van der Waals surface area contributed by atoms with E-state index in [1.807, 2.05) is 18.2 Å². The molecule has 1 saturated heterocycles. The van der Waals surface area contributed by atoms with E-state index in [1.54, 1.807) is 6.26 Å². The molecule has 3 aliphatic rings. The smallest absolute Gasteiger partial charge is 0.135 e. The summed E-state index contributed by atoms with van der Waals surface area (Å²) in [5.74, 6) is 3.94. The molecule has 0 aromatic carbocycles. The van der Waals surface area contributed by atoms with Gasteiger partial charge in [0, 0.05) is 13.2 Å². The number of furan rings is 2. The van der Waals surface area contributed by atoms with Gasteiger partial charge in [-0.3, -0.25) is 4.90 Å². The lowest BCUT2D eigenvalue weighted by Crippen LogP contribution is -2.34. The topological polar surface area (TPSA) is 59.0 Å². The fourth-order valence-electron chi connectivity index (χ4n) is 5.45. The second-order valence-corrected chi connectivity index (χ2v) is 10.2. The highest BCUT2D eigenvalue weighted by molar-refractivity contribution is 5.16. The van der Waals surface area contributed by atoms with Crippen LogP contribution in [0.15, 0.2) is 39.4 Å². The molecule has 2 aliphatic carbocycles. The number of hydrogen-bond acceptors (Lipinski definition) is 5. The molecular weight excluding hydrogens is 390 g/mol. The van der Waals surface area contributed by atoms with Gasteiger partial charge in [0.2, 0.25) is 0 Å². The van der Waals surface area contributed by atoms with Crippen LogP contribution in [0.1, 0.15) is 81.5 Å². The van der Waals surface area contributed by atoms with Crippen molar-refractivity contribution in [2.75, 3.05) is 13.2 Å². The van der Waals surface area contributed by atoms with Crippen LogP contribution in [0.5, 0.6) is 0 Å². The molecule has 2 saturated carbocycles. The van der Waals surface area contributed by atoms with Crippen molar-refractivity contribution in [2.24, 2.45) is 11.8 Å². The fourth-order valence-corrected chi connectivity index (χ4v) is 5.45. The molecule has 2 aromatic heterocycles. The van der Waals surface area contributed by atoms with E-state index in [1.165, 1.54) is 38.5 Å². The number of hydrogen-bond donors (Lipinski definition) is 1. The van der Waals surface area contributed by atoms with E-state index in [0.29, 0.717) is 18.4 Å². The monoisotopic (exact) mass is 427 g/mol. The normalized spacial score (nSPS) is 22.7. The molecule has 170 valence electrons. The van der Waals surface area contributed by atoms with Gasteiger partial charge in [-0.2, -0.15) is 0 Å². The molecule has 1 aliphatic heterocycles. The summed E-state index contributed by atoms with van der Waals surface area (Å²) in [6.07, 6.45) is 13.6. The molecule has 5 rings (SSSR count). The maximum atomic E-state index is 11.7. The molecule has 0 bridgehead atoms. The van der Waals surface area contributed by atoms with Gasteiger partial charge in [0.15, 0.2) is 0 Å². The van der Waals surface area contributed by atoms with Crippen molar-refractivity contribution < 1.29 is 18.7 Å². The van der Waals surface area contributed by atoms with Crippen molar-refractivity contribution in [1.82, 2.24) is 4.90 Å². The summed E-state index contributed by atoms with van der Waals surface area (Å²) in [7, 11) is 0. The molecule has 1 unspecified atom stereocenters. The Kier molecular flexibility index (Phi) is 6.54. The molecule has 0 amide bonds. The number of ether oxygens (including phenoxy) is 1. The minimum absolute atomic E-state index is 0.276. The van der Waals surface area contributed by atoms with E-state index >= 15 is 0 Å². The van der Waals surface area contributed by atoms with Gasteiger partial charge in [0.05, 0.1) is 25.5 Å². The van der Waals surface area contributed by atoms with Gasteiger partial charge in [-0.25, -0.2) is 0 Å². The van der Waals surface area contributed by atoms with Gasteiger partial charge in [-0.1, -0.05) is 38.5 Å². The van der Waals surface area contributed by atoms with Crippen LogP contribution in [0.25, 0.3) is 0 Å². The van der Waals surface area contributed by atoms with Crippen molar-refractivity contribution in [3.63, 3.8) is 0 Å². The molecule has 5 nitrogen and oxygen atoms in total.